The van der Waals surface area contributed by atoms with E-state index in [0.717, 1.165) is 28.0 Å². The van der Waals surface area contributed by atoms with E-state index in [1.807, 2.05) is 25.1 Å². The van der Waals surface area contributed by atoms with Gasteiger partial charge >= 0.3 is 0 Å². The van der Waals surface area contributed by atoms with E-state index >= 15 is 0 Å². The van der Waals surface area contributed by atoms with Gasteiger partial charge in [0.05, 0.1) is 11.3 Å². The monoisotopic (exact) mass is 345 g/mol. The van der Waals surface area contributed by atoms with Crippen LogP contribution < -0.4 is 5.32 Å². The van der Waals surface area contributed by atoms with Crippen LogP contribution in [0.15, 0.2) is 41.1 Å². The fourth-order valence-corrected chi connectivity index (χ4v) is 2.90. The largest absolute Gasteiger partial charge is 0.354 e. The summed E-state index contributed by atoms with van der Waals surface area (Å²) in [5.74, 6) is 1.02. The Labute approximate surface area is 151 Å². The Hall–Kier alpha value is -3.28. The third kappa shape index (κ3) is 2.79. The maximum Gasteiger partial charge on any atom is 0.261 e. The maximum absolute atomic E-state index is 5.39. The van der Waals surface area contributed by atoms with Gasteiger partial charge in [0.25, 0.3) is 5.89 Å². The molecule has 1 N–H and O–H groups in total. The number of benzene rings is 1. The van der Waals surface area contributed by atoms with Crippen LogP contribution in [0, 0.1) is 27.7 Å². The molecule has 1 aromatic carbocycles. The normalized spacial score (nSPS) is 11.1. The minimum absolute atomic E-state index is 0.435. The zero-order valence-corrected chi connectivity index (χ0v) is 15.2. The van der Waals surface area contributed by atoms with Crippen LogP contribution in [0.1, 0.15) is 22.6 Å². The van der Waals surface area contributed by atoms with Crippen molar-refractivity contribution in [3.05, 3.63) is 59.2 Å². The predicted molar refractivity (Wildman–Crippen MR) is 102 cm³/mol. The van der Waals surface area contributed by atoms with Gasteiger partial charge in [0.15, 0.2) is 11.5 Å². The molecular weight excluding hydrogens is 326 g/mol. The molecule has 0 unspecified atom stereocenters. The lowest BCUT2D eigenvalue weighted by Gasteiger charge is -2.15. The summed E-state index contributed by atoms with van der Waals surface area (Å²) in [7, 11) is 0. The van der Waals surface area contributed by atoms with Gasteiger partial charge in [-0.3, -0.25) is 0 Å². The van der Waals surface area contributed by atoms with E-state index in [1.165, 1.54) is 11.1 Å². The third-order valence-corrected chi connectivity index (χ3v) is 4.49. The van der Waals surface area contributed by atoms with E-state index in [4.69, 9.17) is 4.52 Å². The highest BCUT2D eigenvalue weighted by atomic mass is 16.5. The number of nitrogens with zero attached hydrogens (tertiary/aromatic N) is 4. The molecule has 130 valence electrons. The minimum Gasteiger partial charge on any atom is -0.354 e. The fraction of sp³-hybridized carbons (Fsp3) is 0.200. The first kappa shape index (κ1) is 16.2. The van der Waals surface area contributed by atoms with E-state index in [9.17, 15) is 0 Å². The first-order valence-corrected chi connectivity index (χ1v) is 8.43. The number of hydrogen-bond acceptors (Lipinski definition) is 6. The summed E-state index contributed by atoms with van der Waals surface area (Å²) in [4.78, 5) is 13.4. The molecule has 6 heteroatoms. The highest BCUT2D eigenvalue weighted by Gasteiger charge is 2.17. The molecule has 0 amide bonds. The average molecular weight is 345 g/mol. The summed E-state index contributed by atoms with van der Waals surface area (Å²) >= 11 is 0. The topological polar surface area (TPSA) is 76.7 Å². The number of hydrogen-bond donors (Lipinski definition) is 1. The van der Waals surface area contributed by atoms with Crippen molar-refractivity contribution in [2.24, 2.45) is 0 Å². The number of fused-ring (bicyclic) bond motifs is 1. The molecule has 0 spiro atoms. The quantitative estimate of drug-likeness (QED) is 0.582. The molecular formula is C20H19N5O. The number of nitrogens with one attached hydrogen (secondary N) is 1. The van der Waals surface area contributed by atoms with Gasteiger partial charge in [-0.25, -0.2) is 9.97 Å². The summed E-state index contributed by atoms with van der Waals surface area (Å²) in [6.45, 7) is 7.94. The van der Waals surface area contributed by atoms with Crippen molar-refractivity contribution in [2.75, 3.05) is 5.32 Å². The number of aryl methyl sites for hydroxylation is 3. The molecule has 0 aliphatic rings. The molecule has 4 aromatic rings. The molecule has 0 saturated carbocycles. The van der Waals surface area contributed by atoms with E-state index in [1.54, 1.807) is 13.1 Å². The first-order valence-electron chi connectivity index (χ1n) is 8.43. The molecule has 0 bridgehead atoms. The van der Waals surface area contributed by atoms with Gasteiger partial charge in [-0.1, -0.05) is 17.3 Å². The molecule has 4 rings (SSSR count). The molecule has 0 aliphatic heterocycles. The van der Waals surface area contributed by atoms with Crippen LogP contribution in [0.4, 0.5) is 11.4 Å². The Bertz CT molecular complexity index is 1120. The zero-order chi connectivity index (χ0) is 18.3. The summed E-state index contributed by atoms with van der Waals surface area (Å²) in [6, 6.07) is 10.2. The zero-order valence-electron chi connectivity index (χ0n) is 15.2. The van der Waals surface area contributed by atoms with Crippen LogP contribution in [0.2, 0.25) is 0 Å². The SMILES string of the molecule is Cc1ccc2c(Nc3cccc(C)c3C)c(-c3nc(C)no3)cnc2n1. The smallest absolute Gasteiger partial charge is 0.261 e. The highest BCUT2D eigenvalue weighted by molar-refractivity contribution is 5.98. The minimum atomic E-state index is 0.435. The van der Waals surface area contributed by atoms with E-state index in [-0.39, 0.29) is 0 Å². The molecule has 26 heavy (non-hydrogen) atoms. The van der Waals surface area contributed by atoms with Crippen LogP contribution in [0.5, 0.6) is 0 Å². The predicted octanol–water partition coefficient (Wildman–Crippen LogP) is 4.66. The van der Waals surface area contributed by atoms with Crippen LogP contribution in [-0.2, 0) is 0 Å². The van der Waals surface area contributed by atoms with Crippen molar-refractivity contribution >= 4 is 22.4 Å². The summed E-state index contributed by atoms with van der Waals surface area (Å²) in [5, 5.41) is 8.36. The van der Waals surface area contributed by atoms with Crippen molar-refractivity contribution in [1.82, 2.24) is 20.1 Å². The molecule has 0 radical (unpaired) electrons. The second-order valence-corrected chi connectivity index (χ2v) is 6.39. The van der Waals surface area contributed by atoms with Gasteiger partial charge in [-0.05, 0) is 57.0 Å². The fourth-order valence-electron chi connectivity index (χ4n) is 2.90. The maximum atomic E-state index is 5.39. The van der Waals surface area contributed by atoms with Gasteiger partial charge in [-0.2, -0.15) is 4.98 Å². The Balaban J connectivity index is 1.95. The lowest BCUT2D eigenvalue weighted by Crippen LogP contribution is -2.00. The number of pyridine rings is 2. The molecule has 0 saturated heterocycles. The average Bonchev–Trinajstić information content (AvgIpc) is 3.05. The molecule has 0 atom stereocenters. The molecule has 3 aromatic heterocycles. The number of anilines is 2. The Kier molecular flexibility index (Phi) is 3.88. The van der Waals surface area contributed by atoms with Crippen LogP contribution in [0.25, 0.3) is 22.5 Å². The van der Waals surface area contributed by atoms with Crippen molar-refractivity contribution in [1.29, 1.82) is 0 Å². The molecule has 3 heterocycles. The second kappa shape index (κ2) is 6.22. The van der Waals surface area contributed by atoms with Crippen LogP contribution in [0.3, 0.4) is 0 Å². The van der Waals surface area contributed by atoms with E-state index < -0.39 is 0 Å². The second-order valence-electron chi connectivity index (χ2n) is 6.39. The van der Waals surface area contributed by atoms with Crippen molar-refractivity contribution in [2.45, 2.75) is 27.7 Å². The summed E-state index contributed by atoms with van der Waals surface area (Å²) in [5.41, 5.74) is 6.64. The third-order valence-electron chi connectivity index (χ3n) is 4.49. The Morgan fingerprint density at radius 2 is 1.81 bits per heavy atom. The molecule has 0 aliphatic carbocycles. The van der Waals surface area contributed by atoms with E-state index in [2.05, 4.69) is 51.4 Å². The van der Waals surface area contributed by atoms with Crippen molar-refractivity contribution in [3.8, 4) is 11.5 Å². The molecule has 0 fully saturated rings. The van der Waals surface area contributed by atoms with Gasteiger partial charge < -0.3 is 9.84 Å². The first-order chi connectivity index (χ1) is 12.5. The number of aromatic nitrogens is 4. The van der Waals surface area contributed by atoms with Gasteiger partial charge in [0, 0.05) is 23.0 Å². The van der Waals surface area contributed by atoms with Gasteiger partial charge in [-0.15, -0.1) is 0 Å². The van der Waals surface area contributed by atoms with Crippen molar-refractivity contribution < 1.29 is 4.52 Å². The van der Waals surface area contributed by atoms with Crippen molar-refractivity contribution in [3.63, 3.8) is 0 Å². The Morgan fingerprint density at radius 1 is 0.962 bits per heavy atom. The lowest BCUT2D eigenvalue weighted by atomic mass is 10.1. The van der Waals surface area contributed by atoms with E-state index in [0.29, 0.717) is 17.4 Å². The standard InChI is InChI=1S/C20H19N5O/c1-11-6-5-7-17(13(11)3)24-18-15-9-8-12(2)22-19(15)21-10-16(18)20-23-14(4)25-26-20/h5-10H,1-4H3,(H,21,22,24). The number of rotatable bonds is 3. The van der Waals surface area contributed by atoms with Crippen LogP contribution in [-0.4, -0.2) is 20.1 Å². The van der Waals surface area contributed by atoms with Crippen LogP contribution >= 0.6 is 0 Å². The molecule has 6 nitrogen and oxygen atoms in total. The lowest BCUT2D eigenvalue weighted by molar-refractivity contribution is 0.425. The summed E-state index contributed by atoms with van der Waals surface area (Å²) < 4.78 is 5.39. The Morgan fingerprint density at radius 3 is 2.58 bits per heavy atom. The highest BCUT2D eigenvalue weighted by Crippen LogP contribution is 2.35. The van der Waals surface area contributed by atoms with Gasteiger partial charge in [0.2, 0.25) is 0 Å². The summed E-state index contributed by atoms with van der Waals surface area (Å²) in [6.07, 6.45) is 1.73. The van der Waals surface area contributed by atoms with Gasteiger partial charge in [0.1, 0.15) is 0 Å².